The van der Waals surface area contributed by atoms with Crippen molar-refractivity contribution < 1.29 is 32.5 Å². The molecule has 1 unspecified atom stereocenters. The SMILES string of the molecule is COc1cc(C#N)ccc1-c1cn(COCC[Si](C)(C)C)c2nccc(Oc3c(F)cc(CC(=O)CC(C)C4COC4)cc3F)c12. The molecule has 1 aliphatic heterocycles. The Bertz CT molecular complexity index is 1750. The third-order valence-corrected chi connectivity index (χ3v) is 9.96. The van der Waals surface area contributed by atoms with E-state index in [9.17, 15) is 10.1 Å². The van der Waals surface area contributed by atoms with Crippen LogP contribution in [-0.4, -0.2) is 50.3 Å². The number of carbonyl (C=O) groups excluding carboxylic acids is 1. The largest absolute Gasteiger partial charge is 0.496 e. The average Bonchev–Trinajstić information content (AvgIpc) is 3.34. The Morgan fingerprint density at radius 3 is 2.50 bits per heavy atom. The summed E-state index contributed by atoms with van der Waals surface area (Å²) in [5.74, 6) is -1.40. The van der Waals surface area contributed by atoms with Crippen molar-refractivity contribution in [2.75, 3.05) is 26.9 Å². The van der Waals surface area contributed by atoms with Crippen LogP contribution < -0.4 is 9.47 Å². The zero-order valence-electron chi connectivity index (χ0n) is 26.9. The van der Waals surface area contributed by atoms with Gasteiger partial charge >= 0.3 is 0 Å². The highest BCUT2D eigenvalue weighted by molar-refractivity contribution is 6.76. The maximum Gasteiger partial charge on any atom is 0.198 e. The summed E-state index contributed by atoms with van der Waals surface area (Å²) in [6.07, 6.45) is 3.59. The summed E-state index contributed by atoms with van der Waals surface area (Å²) in [5.41, 5.74) is 2.42. The Labute approximate surface area is 268 Å². The number of rotatable bonds is 14. The van der Waals surface area contributed by atoms with E-state index in [0.29, 0.717) is 65.6 Å². The van der Waals surface area contributed by atoms with Crippen LogP contribution in [0.5, 0.6) is 17.2 Å². The fraction of sp³-hybridized carbons (Fsp3) is 0.400. The second kappa shape index (κ2) is 14.1. The molecule has 5 rings (SSSR count). The van der Waals surface area contributed by atoms with Crippen molar-refractivity contribution in [3.05, 3.63) is 71.6 Å². The molecule has 0 bridgehead atoms. The smallest absolute Gasteiger partial charge is 0.198 e. The maximum absolute atomic E-state index is 15.5. The second-order valence-corrected chi connectivity index (χ2v) is 18.7. The zero-order valence-corrected chi connectivity index (χ0v) is 27.9. The first-order valence-corrected chi connectivity index (χ1v) is 19.1. The normalized spacial score (nSPS) is 14.1. The molecule has 0 amide bonds. The third kappa shape index (κ3) is 7.63. The van der Waals surface area contributed by atoms with Gasteiger partial charge in [0.05, 0.1) is 37.3 Å². The van der Waals surface area contributed by atoms with Gasteiger partial charge in [0.2, 0.25) is 0 Å². The number of halogens is 2. The fourth-order valence-corrected chi connectivity index (χ4v) is 6.19. The predicted octanol–water partition coefficient (Wildman–Crippen LogP) is 7.75. The summed E-state index contributed by atoms with van der Waals surface area (Å²) in [5, 5.41) is 9.92. The molecule has 3 heterocycles. The second-order valence-electron chi connectivity index (χ2n) is 13.1. The van der Waals surface area contributed by atoms with Gasteiger partial charge in [-0.05, 0) is 53.9 Å². The van der Waals surface area contributed by atoms with Crippen molar-refractivity contribution in [1.29, 1.82) is 5.26 Å². The van der Waals surface area contributed by atoms with Gasteiger partial charge in [-0.2, -0.15) is 5.26 Å². The number of nitriles is 1. The van der Waals surface area contributed by atoms with Crippen LogP contribution >= 0.6 is 0 Å². The van der Waals surface area contributed by atoms with Gasteiger partial charge in [0.15, 0.2) is 17.4 Å². The topological polar surface area (TPSA) is 95.6 Å². The van der Waals surface area contributed by atoms with Gasteiger partial charge in [0.1, 0.15) is 29.7 Å². The molecule has 0 N–H and O–H groups in total. The summed E-state index contributed by atoms with van der Waals surface area (Å²) < 4.78 is 55.5. The van der Waals surface area contributed by atoms with Gasteiger partial charge in [-0.1, -0.05) is 26.6 Å². The first kappa shape index (κ1) is 33.3. The molecule has 242 valence electrons. The number of nitrogens with zero attached hydrogens (tertiary/aromatic N) is 3. The van der Waals surface area contributed by atoms with Crippen LogP contribution in [0.2, 0.25) is 25.7 Å². The van der Waals surface area contributed by atoms with Gasteiger partial charge in [-0.3, -0.25) is 4.79 Å². The van der Waals surface area contributed by atoms with Crippen LogP contribution in [0.1, 0.15) is 24.5 Å². The number of benzene rings is 2. The molecule has 4 aromatic rings. The number of hydrogen-bond acceptors (Lipinski definition) is 7. The highest BCUT2D eigenvalue weighted by atomic mass is 28.3. The molecule has 8 nitrogen and oxygen atoms in total. The van der Waals surface area contributed by atoms with Crippen molar-refractivity contribution >= 4 is 24.9 Å². The first-order chi connectivity index (χ1) is 22.0. The number of ketones is 1. The number of methoxy groups -OCH3 is 1. The van der Waals surface area contributed by atoms with Gasteiger partial charge < -0.3 is 23.5 Å². The molecule has 1 atom stereocenters. The van der Waals surface area contributed by atoms with E-state index in [2.05, 4.69) is 30.7 Å². The number of ether oxygens (including phenoxy) is 4. The number of aromatic nitrogens is 2. The van der Waals surface area contributed by atoms with Crippen molar-refractivity contribution in [3.8, 4) is 34.4 Å². The van der Waals surface area contributed by atoms with Crippen LogP contribution in [0.3, 0.4) is 0 Å². The first-order valence-electron chi connectivity index (χ1n) is 15.4. The average molecular weight is 648 g/mol. The van der Waals surface area contributed by atoms with Crippen LogP contribution in [-0.2, 0) is 27.4 Å². The Kier molecular flexibility index (Phi) is 10.2. The van der Waals surface area contributed by atoms with Crippen molar-refractivity contribution in [3.63, 3.8) is 0 Å². The van der Waals surface area contributed by atoms with E-state index in [1.54, 1.807) is 24.3 Å². The lowest BCUT2D eigenvalue weighted by molar-refractivity contribution is -0.121. The van der Waals surface area contributed by atoms with Crippen molar-refractivity contribution in [2.24, 2.45) is 11.8 Å². The van der Waals surface area contributed by atoms with E-state index in [-0.39, 0.29) is 36.2 Å². The van der Waals surface area contributed by atoms with E-state index in [4.69, 9.17) is 18.9 Å². The highest BCUT2D eigenvalue weighted by Crippen LogP contribution is 2.42. The van der Waals surface area contributed by atoms with Gasteiger partial charge in [-0.25, -0.2) is 13.8 Å². The molecule has 2 aromatic carbocycles. The molecule has 1 aliphatic rings. The quantitative estimate of drug-likeness (QED) is 0.102. The van der Waals surface area contributed by atoms with Gasteiger partial charge in [0.25, 0.3) is 0 Å². The number of carbonyl (C=O) groups is 1. The summed E-state index contributed by atoms with van der Waals surface area (Å²) in [7, 11) is 0.195. The summed E-state index contributed by atoms with van der Waals surface area (Å²) in [6, 6.07) is 12.0. The molecule has 0 aliphatic carbocycles. The third-order valence-electron chi connectivity index (χ3n) is 8.26. The standard InChI is InChI=1S/C35H39F2N3O5Si/c1-22(25-19-44-20-25)12-26(41)13-24-14-29(36)34(30(37)15-24)45-31-8-9-39-35-33(31)28(18-40(35)21-43-10-11-46(3,4)5)27-7-6-23(17-38)16-32(27)42-2/h6-9,14-16,18,22,25H,10-13,19-21H2,1-5H3. The summed E-state index contributed by atoms with van der Waals surface area (Å²) in [6.45, 7) is 10.9. The summed E-state index contributed by atoms with van der Waals surface area (Å²) in [4.78, 5) is 17.2. The van der Waals surface area contributed by atoms with E-state index >= 15 is 8.78 Å². The molecule has 46 heavy (non-hydrogen) atoms. The van der Waals surface area contributed by atoms with Crippen LogP contribution in [0.25, 0.3) is 22.2 Å². The fourth-order valence-electron chi connectivity index (χ4n) is 5.43. The lowest BCUT2D eigenvalue weighted by atomic mass is 9.87. The van der Waals surface area contributed by atoms with E-state index in [0.717, 1.165) is 18.2 Å². The lowest BCUT2D eigenvalue weighted by Gasteiger charge is -2.31. The predicted molar refractivity (Wildman–Crippen MR) is 174 cm³/mol. The summed E-state index contributed by atoms with van der Waals surface area (Å²) >= 11 is 0. The molecule has 2 aromatic heterocycles. The van der Waals surface area contributed by atoms with E-state index < -0.39 is 25.5 Å². The molecule has 0 spiro atoms. The zero-order chi connectivity index (χ0) is 33.0. The van der Waals surface area contributed by atoms with Crippen LogP contribution in [0.15, 0.2) is 48.8 Å². The Balaban J connectivity index is 1.48. The lowest BCUT2D eigenvalue weighted by Crippen LogP contribution is -2.34. The van der Waals surface area contributed by atoms with E-state index in [1.807, 2.05) is 17.7 Å². The molecule has 1 fully saturated rings. The Morgan fingerprint density at radius 2 is 1.87 bits per heavy atom. The van der Waals surface area contributed by atoms with Crippen LogP contribution in [0.4, 0.5) is 8.78 Å². The van der Waals surface area contributed by atoms with Crippen LogP contribution in [0, 0.1) is 34.8 Å². The number of Topliss-reactive ketones (excluding diaryl/α,β-unsaturated/α-hetero) is 1. The van der Waals surface area contributed by atoms with Crippen molar-refractivity contribution in [2.45, 2.75) is 52.2 Å². The number of hydrogen-bond donors (Lipinski definition) is 0. The molecule has 0 saturated carbocycles. The molecule has 1 saturated heterocycles. The molecular weight excluding hydrogens is 608 g/mol. The maximum atomic E-state index is 15.5. The minimum atomic E-state index is -1.31. The highest BCUT2D eigenvalue weighted by Gasteiger charge is 2.27. The molecular formula is C35H39F2N3O5Si. The molecule has 0 radical (unpaired) electrons. The Hall–Kier alpha value is -4.11. The van der Waals surface area contributed by atoms with E-state index in [1.165, 1.54) is 13.3 Å². The number of fused-ring (bicyclic) bond motifs is 1. The monoisotopic (exact) mass is 647 g/mol. The molecule has 11 heteroatoms. The van der Waals surface area contributed by atoms with Gasteiger partial charge in [-0.15, -0.1) is 0 Å². The minimum absolute atomic E-state index is 0.0747. The Morgan fingerprint density at radius 1 is 1.13 bits per heavy atom. The number of pyridine rings is 1. The minimum Gasteiger partial charge on any atom is -0.496 e. The van der Waals surface area contributed by atoms with Crippen molar-refractivity contribution in [1.82, 2.24) is 9.55 Å². The van der Waals surface area contributed by atoms with Gasteiger partial charge in [0, 0.05) is 57.0 Å².